The van der Waals surface area contributed by atoms with Crippen LogP contribution in [0, 0.1) is 11.8 Å². The first-order chi connectivity index (χ1) is 9.00. The Balaban J connectivity index is 2.43. The lowest BCUT2D eigenvalue weighted by atomic mass is 9.69. The second-order valence-corrected chi connectivity index (χ2v) is 7.45. The van der Waals surface area contributed by atoms with Gasteiger partial charge in [-0.1, -0.05) is 6.92 Å². The van der Waals surface area contributed by atoms with Crippen LogP contribution >= 0.6 is 0 Å². The van der Waals surface area contributed by atoms with Gasteiger partial charge in [-0.2, -0.15) is 0 Å². The zero-order valence-electron chi connectivity index (χ0n) is 12.6. The molecule has 5 heteroatoms. The summed E-state index contributed by atoms with van der Waals surface area (Å²) in [6.45, 7) is 4.57. The van der Waals surface area contributed by atoms with Crippen LogP contribution in [-0.2, 0) is 0 Å². The number of fused-ring (bicyclic) bond motifs is 1. The van der Waals surface area contributed by atoms with Crippen molar-refractivity contribution in [3.8, 4) is 0 Å². The molecule has 20 heavy (non-hydrogen) atoms. The predicted molar refractivity (Wildman–Crippen MR) is 74.0 cm³/mol. The summed E-state index contributed by atoms with van der Waals surface area (Å²) in [5, 5.41) is 52.4. The lowest BCUT2D eigenvalue weighted by Gasteiger charge is -2.48. The van der Waals surface area contributed by atoms with Gasteiger partial charge in [0.1, 0.15) is 5.60 Å². The monoisotopic (exact) mass is 288 g/mol. The molecule has 0 heterocycles. The summed E-state index contributed by atoms with van der Waals surface area (Å²) in [6, 6.07) is 0. The second-order valence-electron chi connectivity index (χ2n) is 7.45. The van der Waals surface area contributed by atoms with Crippen LogP contribution in [-0.4, -0.2) is 54.5 Å². The summed E-state index contributed by atoms with van der Waals surface area (Å²) in [5.41, 5.74) is -5.71. The van der Waals surface area contributed by atoms with Crippen LogP contribution in [0.2, 0.25) is 0 Å². The zero-order chi connectivity index (χ0) is 15.4. The van der Waals surface area contributed by atoms with E-state index in [1.165, 1.54) is 0 Å². The highest BCUT2D eigenvalue weighted by atomic mass is 16.4. The minimum Gasteiger partial charge on any atom is -0.393 e. The SMILES string of the molecule is C[C@H]1CC[C@]2(O)[C@@]1(O)C[C@H](C(C)(O)CO)CC[C@@]2(C)O. The van der Waals surface area contributed by atoms with Crippen LogP contribution in [0.25, 0.3) is 0 Å². The van der Waals surface area contributed by atoms with Crippen LogP contribution in [0.1, 0.15) is 52.9 Å². The Morgan fingerprint density at radius 3 is 2.30 bits per heavy atom. The summed E-state index contributed by atoms with van der Waals surface area (Å²) in [4.78, 5) is 0. The van der Waals surface area contributed by atoms with Gasteiger partial charge in [-0.3, -0.25) is 0 Å². The van der Waals surface area contributed by atoms with E-state index in [9.17, 15) is 25.5 Å². The lowest BCUT2D eigenvalue weighted by Crippen LogP contribution is -2.64. The van der Waals surface area contributed by atoms with E-state index in [1.54, 1.807) is 13.8 Å². The van der Waals surface area contributed by atoms with Gasteiger partial charge in [-0.15, -0.1) is 0 Å². The average molecular weight is 288 g/mol. The van der Waals surface area contributed by atoms with E-state index in [1.807, 2.05) is 6.92 Å². The van der Waals surface area contributed by atoms with Crippen molar-refractivity contribution in [2.75, 3.05) is 6.61 Å². The first kappa shape index (κ1) is 16.2. The van der Waals surface area contributed by atoms with E-state index in [0.717, 1.165) is 0 Å². The number of rotatable bonds is 2. The van der Waals surface area contributed by atoms with E-state index in [-0.39, 0.29) is 18.3 Å². The molecule has 2 aliphatic carbocycles. The molecule has 0 bridgehead atoms. The molecule has 0 saturated heterocycles. The molecule has 0 amide bonds. The molecule has 118 valence electrons. The van der Waals surface area contributed by atoms with Crippen molar-refractivity contribution < 1.29 is 25.5 Å². The Bertz CT molecular complexity index is 380. The van der Waals surface area contributed by atoms with E-state index in [2.05, 4.69) is 0 Å². The first-order valence-corrected chi connectivity index (χ1v) is 7.50. The van der Waals surface area contributed by atoms with Crippen LogP contribution in [0.15, 0.2) is 0 Å². The van der Waals surface area contributed by atoms with Gasteiger partial charge in [0.15, 0.2) is 0 Å². The molecule has 5 nitrogen and oxygen atoms in total. The van der Waals surface area contributed by atoms with Crippen LogP contribution < -0.4 is 0 Å². The van der Waals surface area contributed by atoms with Crippen molar-refractivity contribution in [3.05, 3.63) is 0 Å². The highest BCUT2D eigenvalue weighted by molar-refractivity contribution is 5.18. The van der Waals surface area contributed by atoms with Gasteiger partial charge < -0.3 is 25.5 Å². The summed E-state index contributed by atoms with van der Waals surface area (Å²) < 4.78 is 0. The normalized spacial score (nSPS) is 52.2. The number of hydrogen-bond donors (Lipinski definition) is 5. The lowest BCUT2D eigenvalue weighted by molar-refractivity contribution is -0.235. The number of hydrogen-bond acceptors (Lipinski definition) is 5. The molecular weight excluding hydrogens is 260 g/mol. The smallest absolute Gasteiger partial charge is 0.122 e. The maximum absolute atomic E-state index is 11.1. The molecule has 2 aliphatic rings. The average Bonchev–Trinajstić information content (AvgIpc) is 2.55. The van der Waals surface area contributed by atoms with Gasteiger partial charge in [-0.05, 0) is 57.8 Å². The van der Waals surface area contributed by atoms with E-state index in [4.69, 9.17) is 0 Å². The van der Waals surface area contributed by atoms with Gasteiger partial charge in [0.05, 0.1) is 23.4 Å². The maximum atomic E-state index is 11.1. The van der Waals surface area contributed by atoms with Crippen molar-refractivity contribution in [1.29, 1.82) is 0 Å². The molecule has 2 saturated carbocycles. The fraction of sp³-hybridized carbons (Fsp3) is 1.00. The van der Waals surface area contributed by atoms with Crippen molar-refractivity contribution in [1.82, 2.24) is 0 Å². The first-order valence-electron chi connectivity index (χ1n) is 7.50. The van der Waals surface area contributed by atoms with Gasteiger partial charge >= 0.3 is 0 Å². The van der Waals surface area contributed by atoms with Gasteiger partial charge in [-0.25, -0.2) is 0 Å². The molecule has 2 rings (SSSR count). The van der Waals surface area contributed by atoms with E-state index >= 15 is 0 Å². The van der Waals surface area contributed by atoms with Gasteiger partial charge in [0.25, 0.3) is 0 Å². The van der Waals surface area contributed by atoms with Crippen LogP contribution in [0.3, 0.4) is 0 Å². The Hall–Kier alpha value is -0.200. The summed E-state index contributed by atoms with van der Waals surface area (Å²) >= 11 is 0. The second kappa shape index (κ2) is 4.65. The highest BCUT2D eigenvalue weighted by Crippen LogP contribution is 2.56. The topological polar surface area (TPSA) is 101 Å². The quantitative estimate of drug-likeness (QED) is 0.499. The molecule has 1 unspecified atom stereocenters. The highest BCUT2D eigenvalue weighted by Gasteiger charge is 2.67. The van der Waals surface area contributed by atoms with E-state index in [0.29, 0.717) is 25.7 Å². The largest absolute Gasteiger partial charge is 0.393 e. The van der Waals surface area contributed by atoms with Crippen LogP contribution in [0.4, 0.5) is 0 Å². The molecular formula is C15H28O5. The van der Waals surface area contributed by atoms with E-state index < -0.39 is 29.0 Å². The zero-order valence-corrected chi connectivity index (χ0v) is 12.6. The fourth-order valence-electron chi connectivity index (χ4n) is 4.19. The third-order valence-electron chi connectivity index (χ3n) is 6.10. The Morgan fingerprint density at radius 2 is 1.75 bits per heavy atom. The van der Waals surface area contributed by atoms with Crippen molar-refractivity contribution >= 4 is 0 Å². The minimum atomic E-state index is -1.56. The van der Waals surface area contributed by atoms with Crippen molar-refractivity contribution in [2.24, 2.45) is 11.8 Å². The molecule has 0 radical (unpaired) electrons. The Labute approximate surface area is 120 Å². The van der Waals surface area contributed by atoms with Crippen LogP contribution in [0.5, 0.6) is 0 Å². The third-order valence-corrected chi connectivity index (χ3v) is 6.10. The molecule has 0 aromatic heterocycles. The standard InChI is InChI=1S/C15H28O5/c1-10-4-7-15(20)13(3,18)6-5-11(8-14(10,15)19)12(2,17)9-16/h10-11,16-20H,4-9H2,1-3H3/t10-,11+,12?,13+,14+,15+/m0/s1. The molecule has 0 spiro atoms. The molecule has 0 aliphatic heterocycles. The molecule has 6 atom stereocenters. The maximum Gasteiger partial charge on any atom is 0.122 e. The third kappa shape index (κ3) is 2.03. The van der Waals surface area contributed by atoms with Crippen molar-refractivity contribution in [2.45, 2.75) is 75.3 Å². The molecule has 0 aromatic rings. The summed E-state index contributed by atoms with van der Waals surface area (Å²) in [5.74, 6) is -0.521. The Kier molecular flexibility index (Phi) is 3.76. The molecule has 5 N–H and O–H groups in total. The number of aliphatic hydroxyl groups is 5. The predicted octanol–water partition coefficient (Wildman–Crippen LogP) is 0.173. The Morgan fingerprint density at radius 1 is 1.15 bits per heavy atom. The summed E-state index contributed by atoms with van der Waals surface area (Å²) in [6.07, 6.45) is 1.93. The number of aliphatic hydroxyl groups excluding tert-OH is 1. The molecule has 2 fully saturated rings. The fourth-order valence-corrected chi connectivity index (χ4v) is 4.19. The minimum absolute atomic E-state index is 0.158. The van der Waals surface area contributed by atoms with Gasteiger partial charge in [0, 0.05) is 0 Å². The molecule has 0 aromatic carbocycles. The summed E-state index contributed by atoms with van der Waals surface area (Å²) in [7, 11) is 0. The van der Waals surface area contributed by atoms with Gasteiger partial charge in [0.2, 0.25) is 0 Å². The van der Waals surface area contributed by atoms with Crippen molar-refractivity contribution in [3.63, 3.8) is 0 Å².